The van der Waals surface area contributed by atoms with Crippen LogP contribution in [0.15, 0.2) is 42.1 Å². The molecule has 1 aliphatic heterocycles. The first-order valence-corrected chi connectivity index (χ1v) is 10.2. The van der Waals surface area contributed by atoms with E-state index in [1.54, 1.807) is 6.08 Å². The number of rotatable bonds is 5. The fourth-order valence-electron chi connectivity index (χ4n) is 2.89. The molecule has 0 unspecified atom stereocenters. The van der Waals surface area contributed by atoms with Crippen LogP contribution >= 0.6 is 0 Å². The fourth-order valence-corrected chi connectivity index (χ4v) is 4.40. The Hall–Kier alpha value is -3.05. The van der Waals surface area contributed by atoms with Gasteiger partial charge in [0.25, 0.3) is 0 Å². The lowest BCUT2D eigenvalue weighted by Gasteiger charge is -2.21. The van der Waals surface area contributed by atoms with Crippen LogP contribution in [0.2, 0.25) is 0 Å². The zero-order valence-corrected chi connectivity index (χ0v) is 16.3. The maximum atomic E-state index is 14.6. The number of benzene rings is 1. The van der Waals surface area contributed by atoms with Crippen molar-refractivity contribution < 1.29 is 22.7 Å². The third-order valence-corrected chi connectivity index (χ3v) is 6.37. The van der Waals surface area contributed by atoms with Crippen LogP contribution in [0.4, 0.5) is 20.8 Å². The van der Waals surface area contributed by atoms with Crippen molar-refractivity contribution in [2.45, 2.75) is 11.3 Å². The average molecular weight is 421 g/mol. The molecule has 1 aliphatic rings. The number of amides is 1. The number of nitrogens with zero attached hydrogens (tertiary/aromatic N) is 4. The van der Waals surface area contributed by atoms with Crippen LogP contribution in [0.5, 0.6) is 0 Å². The predicted molar refractivity (Wildman–Crippen MR) is 105 cm³/mol. The molecule has 0 atom stereocenters. The summed E-state index contributed by atoms with van der Waals surface area (Å²) in [6.07, 6.45) is 3.90. The second-order valence-electron chi connectivity index (χ2n) is 6.34. The molecule has 0 spiro atoms. The van der Waals surface area contributed by atoms with Crippen LogP contribution in [0.3, 0.4) is 0 Å². The Balaban J connectivity index is 1.77. The molecule has 1 amide bonds. The molecule has 0 aliphatic carbocycles. The van der Waals surface area contributed by atoms with Gasteiger partial charge in [0, 0.05) is 49.8 Å². The van der Waals surface area contributed by atoms with Gasteiger partial charge in [0.2, 0.25) is 16.0 Å². The van der Waals surface area contributed by atoms with E-state index in [-0.39, 0.29) is 32.1 Å². The van der Waals surface area contributed by atoms with Crippen LogP contribution in [0.25, 0.3) is 6.08 Å². The quantitative estimate of drug-likeness (QED) is 0.761. The number of halogens is 1. The third kappa shape index (κ3) is 4.69. The molecular formula is C18H20FN5O4S. The first-order valence-electron chi connectivity index (χ1n) is 8.80. The smallest absolute Gasteiger partial charge is 0.407 e. The van der Waals surface area contributed by atoms with E-state index in [0.29, 0.717) is 12.1 Å². The lowest BCUT2D eigenvalue weighted by atomic mass is 10.3. The molecule has 11 heteroatoms. The number of carboxylic acid groups (broad SMARTS) is 1. The van der Waals surface area contributed by atoms with Gasteiger partial charge in [-0.1, -0.05) is 12.7 Å². The third-order valence-electron chi connectivity index (χ3n) is 4.44. The van der Waals surface area contributed by atoms with Gasteiger partial charge in [-0.15, -0.1) is 0 Å². The average Bonchev–Trinajstić information content (AvgIpc) is 2.95. The minimum atomic E-state index is -4.10. The zero-order chi connectivity index (χ0) is 21.0. The Kier molecular flexibility index (Phi) is 6.09. The van der Waals surface area contributed by atoms with E-state index in [1.165, 1.54) is 24.5 Å². The van der Waals surface area contributed by atoms with Crippen LogP contribution in [0.1, 0.15) is 12.0 Å². The molecule has 1 fully saturated rings. The Morgan fingerprint density at radius 2 is 1.93 bits per heavy atom. The highest BCUT2D eigenvalue weighted by Crippen LogP contribution is 2.24. The van der Waals surface area contributed by atoms with Crippen molar-refractivity contribution in [3.8, 4) is 0 Å². The number of hydrogen-bond acceptors (Lipinski definition) is 6. The van der Waals surface area contributed by atoms with Gasteiger partial charge in [-0.25, -0.2) is 27.6 Å². The Morgan fingerprint density at radius 1 is 1.21 bits per heavy atom. The Labute approximate surface area is 167 Å². The monoisotopic (exact) mass is 421 g/mol. The van der Waals surface area contributed by atoms with E-state index in [9.17, 15) is 17.6 Å². The van der Waals surface area contributed by atoms with E-state index in [0.717, 1.165) is 20.8 Å². The molecule has 1 saturated heterocycles. The van der Waals surface area contributed by atoms with E-state index in [2.05, 4.69) is 21.9 Å². The van der Waals surface area contributed by atoms with Crippen molar-refractivity contribution in [2.75, 3.05) is 31.5 Å². The highest BCUT2D eigenvalue weighted by molar-refractivity contribution is 7.89. The summed E-state index contributed by atoms with van der Waals surface area (Å²) in [6, 6.07) is 3.64. The number of anilines is 2. The van der Waals surface area contributed by atoms with Gasteiger partial charge in [-0.3, -0.25) is 0 Å². The summed E-state index contributed by atoms with van der Waals surface area (Å²) in [5.41, 5.74) is 1.02. The van der Waals surface area contributed by atoms with Crippen LogP contribution in [-0.4, -0.2) is 65.0 Å². The number of nitrogens with one attached hydrogen (secondary N) is 1. The molecule has 154 valence electrons. The van der Waals surface area contributed by atoms with Crippen LogP contribution < -0.4 is 5.32 Å². The van der Waals surface area contributed by atoms with E-state index in [4.69, 9.17) is 5.11 Å². The van der Waals surface area contributed by atoms with Crippen molar-refractivity contribution in [3.05, 3.63) is 48.6 Å². The minimum absolute atomic E-state index is 0.0302. The molecule has 0 radical (unpaired) electrons. The zero-order valence-electron chi connectivity index (χ0n) is 15.5. The van der Waals surface area contributed by atoms with Gasteiger partial charge in [-0.2, -0.15) is 4.31 Å². The summed E-state index contributed by atoms with van der Waals surface area (Å²) < 4.78 is 41.4. The predicted octanol–water partition coefficient (Wildman–Crippen LogP) is 2.38. The van der Waals surface area contributed by atoms with Crippen molar-refractivity contribution >= 4 is 33.8 Å². The largest absolute Gasteiger partial charge is 0.465 e. The van der Waals surface area contributed by atoms with Crippen molar-refractivity contribution in [1.82, 2.24) is 19.2 Å². The summed E-state index contributed by atoms with van der Waals surface area (Å²) in [5, 5.41) is 11.9. The van der Waals surface area contributed by atoms with Gasteiger partial charge in [0.15, 0.2) is 0 Å². The standard InChI is InChI=1S/C18H20FN5O4S/c1-2-13-11-20-17(21-12-13)22-14-4-5-16(15(19)10-14)29(27,28)24-7-3-6-23(8-9-24)18(25)26/h2,4-5,10-12H,1,3,6-9H2,(H,25,26)(H,20,21,22). The molecule has 3 rings (SSSR count). The Morgan fingerprint density at radius 3 is 2.55 bits per heavy atom. The molecule has 1 aromatic heterocycles. The molecule has 0 bridgehead atoms. The fraction of sp³-hybridized carbons (Fsp3) is 0.278. The minimum Gasteiger partial charge on any atom is -0.465 e. The van der Waals surface area contributed by atoms with Gasteiger partial charge in [0.1, 0.15) is 10.7 Å². The highest BCUT2D eigenvalue weighted by Gasteiger charge is 2.30. The van der Waals surface area contributed by atoms with Gasteiger partial charge in [-0.05, 0) is 24.6 Å². The van der Waals surface area contributed by atoms with Crippen molar-refractivity contribution in [1.29, 1.82) is 0 Å². The van der Waals surface area contributed by atoms with Crippen molar-refractivity contribution in [2.24, 2.45) is 0 Å². The summed E-state index contributed by atoms with van der Waals surface area (Å²) in [4.78, 5) is 19.9. The van der Waals surface area contributed by atoms with Gasteiger partial charge < -0.3 is 15.3 Å². The summed E-state index contributed by atoms with van der Waals surface area (Å²) in [5.74, 6) is -0.691. The molecule has 2 heterocycles. The topological polar surface area (TPSA) is 116 Å². The molecular weight excluding hydrogens is 401 g/mol. The Bertz CT molecular complexity index is 1010. The van der Waals surface area contributed by atoms with E-state index < -0.39 is 26.8 Å². The first kappa shape index (κ1) is 20.7. The molecule has 0 saturated carbocycles. The van der Waals surface area contributed by atoms with E-state index >= 15 is 0 Å². The molecule has 29 heavy (non-hydrogen) atoms. The lowest BCUT2D eigenvalue weighted by molar-refractivity contribution is 0.147. The number of sulfonamides is 1. The molecule has 9 nitrogen and oxygen atoms in total. The summed E-state index contributed by atoms with van der Waals surface area (Å²) in [6.45, 7) is 3.96. The number of carbonyl (C=O) groups is 1. The maximum absolute atomic E-state index is 14.6. The summed E-state index contributed by atoms with van der Waals surface area (Å²) in [7, 11) is -4.10. The SMILES string of the molecule is C=Cc1cnc(Nc2ccc(S(=O)(=O)N3CCCN(C(=O)O)CC3)c(F)c2)nc1. The first-order chi connectivity index (χ1) is 13.8. The lowest BCUT2D eigenvalue weighted by Crippen LogP contribution is -2.37. The highest BCUT2D eigenvalue weighted by atomic mass is 32.2. The molecule has 2 N–H and O–H groups in total. The second-order valence-corrected chi connectivity index (χ2v) is 8.25. The van der Waals surface area contributed by atoms with E-state index in [1.807, 2.05) is 0 Å². The second kappa shape index (κ2) is 8.53. The summed E-state index contributed by atoms with van der Waals surface area (Å²) >= 11 is 0. The molecule has 1 aromatic carbocycles. The maximum Gasteiger partial charge on any atom is 0.407 e. The molecule has 2 aromatic rings. The van der Waals surface area contributed by atoms with Crippen LogP contribution in [-0.2, 0) is 10.0 Å². The van der Waals surface area contributed by atoms with Gasteiger partial charge in [0.05, 0.1) is 0 Å². The van der Waals surface area contributed by atoms with Crippen molar-refractivity contribution in [3.63, 3.8) is 0 Å². The van der Waals surface area contributed by atoms with Crippen LogP contribution in [0, 0.1) is 5.82 Å². The number of aromatic nitrogens is 2. The normalized spacial score (nSPS) is 15.6. The van der Waals surface area contributed by atoms with Gasteiger partial charge >= 0.3 is 6.09 Å². The number of hydrogen-bond donors (Lipinski definition) is 2.